The largest absolute Gasteiger partial charge is 0.310 e. The first-order valence-electron chi connectivity index (χ1n) is 6.88. The molecule has 2 unspecified atom stereocenters. The zero-order valence-electron chi connectivity index (χ0n) is 10.9. The fourth-order valence-corrected chi connectivity index (χ4v) is 3.27. The van der Waals surface area contributed by atoms with Crippen molar-refractivity contribution in [1.29, 1.82) is 0 Å². The Labute approximate surface area is 117 Å². The Morgan fingerprint density at radius 1 is 1.33 bits per heavy atom. The molecule has 0 aliphatic heterocycles. The predicted molar refractivity (Wildman–Crippen MR) is 77.0 cm³/mol. The van der Waals surface area contributed by atoms with Crippen molar-refractivity contribution in [2.24, 2.45) is 5.92 Å². The van der Waals surface area contributed by atoms with Crippen molar-refractivity contribution >= 4 is 15.9 Å². The standard InChI is InChI=1S/C15H21BrFN/c1-2-11-5-3-4-6-15(11)18-10-12-9-13(17)7-8-14(12)16/h7-9,11,15,18H,2-6,10H2,1H3. The van der Waals surface area contributed by atoms with Gasteiger partial charge < -0.3 is 5.32 Å². The Balaban J connectivity index is 1.95. The zero-order chi connectivity index (χ0) is 13.0. The molecule has 1 aliphatic rings. The Kier molecular flexibility index (Phi) is 5.19. The molecule has 0 radical (unpaired) electrons. The fourth-order valence-electron chi connectivity index (χ4n) is 2.88. The molecular formula is C15H21BrFN. The van der Waals surface area contributed by atoms with Gasteiger partial charge in [-0.15, -0.1) is 0 Å². The second-order valence-corrected chi connectivity index (χ2v) is 6.03. The predicted octanol–water partition coefficient (Wildman–Crippen LogP) is 4.65. The monoisotopic (exact) mass is 313 g/mol. The van der Waals surface area contributed by atoms with E-state index < -0.39 is 0 Å². The van der Waals surface area contributed by atoms with Gasteiger partial charge in [-0.3, -0.25) is 0 Å². The first kappa shape index (κ1) is 14.0. The number of benzene rings is 1. The van der Waals surface area contributed by atoms with Crippen molar-refractivity contribution in [3.8, 4) is 0 Å². The van der Waals surface area contributed by atoms with Crippen LogP contribution in [-0.4, -0.2) is 6.04 Å². The average Bonchev–Trinajstić information content (AvgIpc) is 2.40. The van der Waals surface area contributed by atoms with E-state index in [2.05, 4.69) is 28.2 Å². The van der Waals surface area contributed by atoms with Crippen LogP contribution in [-0.2, 0) is 6.54 Å². The number of halogens is 2. The molecule has 1 N–H and O–H groups in total. The van der Waals surface area contributed by atoms with Gasteiger partial charge in [-0.05, 0) is 42.5 Å². The lowest BCUT2D eigenvalue weighted by molar-refractivity contribution is 0.254. The smallest absolute Gasteiger partial charge is 0.123 e. The van der Waals surface area contributed by atoms with Gasteiger partial charge in [0.05, 0.1) is 0 Å². The van der Waals surface area contributed by atoms with Gasteiger partial charge in [-0.2, -0.15) is 0 Å². The Morgan fingerprint density at radius 3 is 2.89 bits per heavy atom. The lowest BCUT2D eigenvalue weighted by Gasteiger charge is -2.31. The van der Waals surface area contributed by atoms with E-state index in [4.69, 9.17) is 0 Å². The van der Waals surface area contributed by atoms with E-state index in [1.54, 1.807) is 12.1 Å². The van der Waals surface area contributed by atoms with E-state index in [1.807, 2.05) is 0 Å². The van der Waals surface area contributed by atoms with Crippen LogP contribution in [0.2, 0.25) is 0 Å². The van der Waals surface area contributed by atoms with Crippen LogP contribution in [0.4, 0.5) is 4.39 Å². The van der Waals surface area contributed by atoms with Crippen LogP contribution in [0, 0.1) is 11.7 Å². The highest BCUT2D eigenvalue weighted by Crippen LogP contribution is 2.27. The van der Waals surface area contributed by atoms with Gasteiger partial charge in [-0.1, -0.05) is 42.1 Å². The molecule has 1 aliphatic carbocycles. The van der Waals surface area contributed by atoms with Crippen LogP contribution in [0.5, 0.6) is 0 Å². The Morgan fingerprint density at radius 2 is 2.11 bits per heavy atom. The van der Waals surface area contributed by atoms with Gasteiger partial charge in [0.2, 0.25) is 0 Å². The normalized spacial score (nSPS) is 24.2. The molecule has 0 heterocycles. The summed E-state index contributed by atoms with van der Waals surface area (Å²) < 4.78 is 14.2. The van der Waals surface area contributed by atoms with Gasteiger partial charge in [0.25, 0.3) is 0 Å². The van der Waals surface area contributed by atoms with Crippen molar-refractivity contribution in [3.05, 3.63) is 34.1 Å². The molecule has 1 fully saturated rings. The highest BCUT2D eigenvalue weighted by atomic mass is 79.9. The molecule has 100 valence electrons. The van der Waals surface area contributed by atoms with Crippen LogP contribution in [0.15, 0.2) is 22.7 Å². The van der Waals surface area contributed by atoms with Gasteiger partial charge in [0, 0.05) is 17.1 Å². The summed E-state index contributed by atoms with van der Waals surface area (Å²) in [5.41, 5.74) is 1.01. The first-order chi connectivity index (χ1) is 8.70. The summed E-state index contributed by atoms with van der Waals surface area (Å²) in [6.45, 7) is 3.02. The van der Waals surface area contributed by atoms with E-state index >= 15 is 0 Å². The fraction of sp³-hybridized carbons (Fsp3) is 0.600. The maximum absolute atomic E-state index is 13.2. The molecule has 0 amide bonds. The summed E-state index contributed by atoms with van der Waals surface area (Å²) in [5.74, 6) is 0.622. The van der Waals surface area contributed by atoms with Gasteiger partial charge in [0.15, 0.2) is 0 Å². The third kappa shape index (κ3) is 3.55. The van der Waals surface area contributed by atoms with E-state index in [0.717, 1.165) is 22.5 Å². The van der Waals surface area contributed by atoms with Crippen molar-refractivity contribution in [2.45, 2.75) is 51.6 Å². The summed E-state index contributed by atoms with van der Waals surface area (Å²) in [6.07, 6.45) is 6.50. The lowest BCUT2D eigenvalue weighted by atomic mass is 9.83. The van der Waals surface area contributed by atoms with Crippen molar-refractivity contribution in [2.75, 3.05) is 0 Å². The van der Waals surface area contributed by atoms with Crippen molar-refractivity contribution < 1.29 is 4.39 Å². The number of nitrogens with one attached hydrogen (secondary N) is 1. The molecule has 0 aromatic heterocycles. The van der Waals surface area contributed by atoms with Crippen molar-refractivity contribution in [3.63, 3.8) is 0 Å². The number of hydrogen-bond acceptors (Lipinski definition) is 1. The minimum atomic E-state index is -0.161. The summed E-state index contributed by atoms with van der Waals surface area (Å²) >= 11 is 3.48. The highest BCUT2D eigenvalue weighted by molar-refractivity contribution is 9.10. The minimum absolute atomic E-state index is 0.161. The second-order valence-electron chi connectivity index (χ2n) is 5.18. The minimum Gasteiger partial charge on any atom is -0.310 e. The zero-order valence-corrected chi connectivity index (χ0v) is 12.5. The Bertz CT molecular complexity index is 394. The molecule has 1 aromatic carbocycles. The summed E-state index contributed by atoms with van der Waals surface area (Å²) in [5, 5.41) is 3.61. The SMILES string of the molecule is CCC1CCCCC1NCc1cc(F)ccc1Br. The van der Waals surface area contributed by atoms with E-state index in [0.29, 0.717) is 6.04 Å². The third-order valence-electron chi connectivity index (χ3n) is 4.00. The molecular weight excluding hydrogens is 293 g/mol. The van der Waals surface area contributed by atoms with Crippen LogP contribution in [0.1, 0.15) is 44.6 Å². The quantitative estimate of drug-likeness (QED) is 0.853. The highest BCUT2D eigenvalue weighted by Gasteiger charge is 2.23. The molecule has 2 atom stereocenters. The topological polar surface area (TPSA) is 12.0 Å². The van der Waals surface area contributed by atoms with Crippen LogP contribution in [0.3, 0.4) is 0 Å². The molecule has 0 bridgehead atoms. The molecule has 2 rings (SSSR count). The summed E-state index contributed by atoms with van der Waals surface area (Å²) in [7, 11) is 0. The number of hydrogen-bond donors (Lipinski definition) is 1. The van der Waals surface area contributed by atoms with Gasteiger partial charge >= 0.3 is 0 Å². The third-order valence-corrected chi connectivity index (χ3v) is 4.77. The molecule has 0 saturated heterocycles. The Hall–Kier alpha value is -0.410. The maximum Gasteiger partial charge on any atom is 0.123 e. The van der Waals surface area contributed by atoms with Crippen molar-refractivity contribution in [1.82, 2.24) is 5.32 Å². The average molecular weight is 314 g/mol. The van der Waals surface area contributed by atoms with E-state index in [-0.39, 0.29) is 5.82 Å². The van der Waals surface area contributed by atoms with Crippen LogP contribution >= 0.6 is 15.9 Å². The van der Waals surface area contributed by atoms with Crippen LogP contribution < -0.4 is 5.32 Å². The van der Waals surface area contributed by atoms with E-state index in [9.17, 15) is 4.39 Å². The molecule has 1 aromatic rings. The molecule has 18 heavy (non-hydrogen) atoms. The number of rotatable bonds is 4. The molecule has 1 saturated carbocycles. The molecule has 3 heteroatoms. The summed E-state index contributed by atoms with van der Waals surface area (Å²) in [4.78, 5) is 0. The maximum atomic E-state index is 13.2. The summed E-state index contributed by atoms with van der Waals surface area (Å²) in [6, 6.07) is 5.48. The molecule has 1 nitrogen and oxygen atoms in total. The van der Waals surface area contributed by atoms with E-state index in [1.165, 1.54) is 38.2 Å². The second kappa shape index (κ2) is 6.67. The first-order valence-corrected chi connectivity index (χ1v) is 7.67. The molecule has 0 spiro atoms. The van der Waals surface area contributed by atoms with Gasteiger partial charge in [-0.25, -0.2) is 4.39 Å². The lowest BCUT2D eigenvalue weighted by Crippen LogP contribution is -2.37. The van der Waals surface area contributed by atoms with Crippen LogP contribution in [0.25, 0.3) is 0 Å². The van der Waals surface area contributed by atoms with Gasteiger partial charge in [0.1, 0.15) is 5.82 Å².